The molecule has 0 heterocycles. The van der Waals surface area contributed by atoms with Gasteiger partial charge in [0, 0.05) is 33.8 Å². The van der Waals surface area contributed by atoms with Crippen molar-refractivity contribution in [3.63, 3.8) is 0 Å². The fraction of sp³-hybridized carbons (Fsp3) is 0.333. The van der Waals surface area contributed by atoms with Crippen LogP contribution in [0.4, 0.5) is 0 Å². The molecule has 2 aromatic rings. The average Bonchev–Trinajstić information content (AvgIpc) is 2.56. The number of rotatable bonds is 8. The van der Waals surface area contributed by atoms with Gasteiger partial charge >= 0.3 is 0 Å². The fourth-order valence-electron chi connectivity index (χ4n) is 2.20. The number of halogens is 2. The number of aliphatic hydroxyl groups excluding tert-OH is 1. The van der Waals surface area contributed by atoms with Gasteiger partial charge in [-0.2, -0.15) is 0 Å². The van der Waals surface area contributed by atoms with Gasteiger partial charge < -0.3 is 15.2 Å². The molecule has 0 aliphatic rings. The standard InChI is InChI=1S/C18H21Cl2NO2/c1-2-14(11-22)21-10-13-6-3-4-9-18(13)23-12-15-16(19)7-5-8-17(15)20/h3-9,14,21-22H,2,10-12H2,1H3. The van der Waals surface area contributed by atoms with Crippen molar-refractivity contribution in [2.45, 2.75) is 32.5 Å². The smallest absolute Gasteiger partial charge is 0.124 e. The molecule has 2 rings (SSSR count). The minimum Gasteiger partial charge on any atom is -0.488 e. The largest absolute Gasteiger partial charge is 0.488 e. The molecule has 0 radical (unpaired) electrons. The molecule has 0 saturated carbocycles. The molecule has 2 aromatic carbocycles. The van der Waals surface area contributed by atoms with E-state index in [2.05, 4.69) is 5.32 Å². The second kappa shape index (κ2) is 9.14. The first-order chi connectivity index (χ1) is 11.2. The lowest BCUT2D eigenvalue weighted by Gasteiger charge is -2.17. The Morgan fingerprint density at radius 2 is 1.78 bits per heavy atom. The molecular formula is C18H21Cl2NO2. The Bertz CT molecular complexity index is 610. The molecule has 23 heavy (non-hydrogen) atoms. The van der Waals surface area contributed by atoms with E-state index < -0.39 is 0 Å². The van der Waals surface area contributed by atoms with Crippen LogP contribution in [0.1, 0.15) is 24.5 Å². The highest BCUT2D eigenvalue weighted by molar-refractivity contribution is 6.35. The normalized spacial score (nSPS) is 12.2. The quantitative estimate of drug-likeness (QED) is 0.737. The number of para-hydroxylation sites is 1. The molecule has 0 spiro atoms. The van der Waals surface area contributed by atoms with E-state index in [4.69, 9.17) is 27.9 Å². The molecule has 1 atom stereocenters. The number of hydrogen-bond acceptors (Lipinski definition) is 3. The maximum absolute atomic E-state index is 9.26. The summed E-state index contributed by atoms with van der Waals surface area (Å²) in [6.45, 7) is 3.10. The van der Waals surface area contributed by atoms with Gasteiger partial charge in [0.2, 0.25) is 0 Å². The van der Waals surface area contributed by atoms with Gasteiger partial charge in [-0.05, 0) is 24.6 Å². The molecule has 124 valence electrons. The highest BCUT2D eigenvalue weighted by atomic mass is 35.5. The summed E-state index contributed by atoms with van der Waals surface area (Å²) in [4.78, 5) is 0. The molecule has 0 bridgehead atoms. The van der Waals surface area contributed by atoms with Crippen molar-refractivity contribution >= 4 is 23.2 Å². The van der Waals surface area contributed by atoms with Gasteiger partial charge in [0.15, 0.2) is 0 Å². The summed E-state index contributed by atoms with van der Waals surface area (Å²) in [5, 5.41) is 13.8. The first kappa shape index (κ1) is 18.1. The molecule has 5 heteroatoms. The van der Waals surface area contributed by atoms with Crippen LogP contribution in [0.3, 0.4) is 0 Å². The van der Waals surface area contributed by atoms with Gasteiger partial charge in [-0.15, -0.1) is 0 Å². The Kier molecular flexibility index (Phi) is 7.18. The van der Waals surface area contributed by atoms with Gasteiger partial charge in [-0.25, -0.2) is 0 Å². The minimum absolute atomic E-state index is 0.0843. The highest BCUT2D eigenvalue weighted by Crippen LogP contribution is 2.27. The molecule has 0 fully saturated rings. The lowest BCUT2D eigenvalue weighted by molar-refractivity contribution is 0.237. The molecule has 2 N–H and O–H groups in total. The third kappa shape index (κ3) is 5.11. The van der Waals surface area contributed by atoms with Crippen LogP contribution in [-0.4, -0.2) is 17.8 Å². The van der Waals surface area contributed by atoms with Crippen molar-refractivity contribution in [3.8, 4) is 5.75 Å². The molecule has 0 aliphatic carbocycles. The third-order valence-electron chi connectivity index (χ3n) is 3.70. The number of aliphatic hydroxyl groups is 1. The van der Waals surface area contributed by atoms with Crippen LogP contribution in [0, 0.1) is 0 Å². The number of ether oxygens (including phenoxy) is 1. The predicted molar refractivity (Wildman–Crippen MR) is 95.2 cm³/mol. The number of hydrogen-bond donors (Lipinski definition) is 2. The number of benzene rings is 2. The van der Waals surface area contributed by atoms with Crippen LogP contribution in [0.2, 0.25) is 10.0 Å². The lowest BCUT2D eigenvalue weighted by atomic mass is 10.1. The van der Waals surface area contributed by atoms with Crippen LogP contribution in [0.25, 0.3) is 0 Å². The summed E-state index contributed by atoms with van der Waals surface area (Å²) >= 11 is 12.3. The summed E-state index contributed by atoms with van der Waals surface area (Å²) < 4.78 is 5.91. The Balaban J connectivity index is 2.05. The zero-order chi connectivity index (χ0) is 16.7. The molecule has 0 aliphatic heterocycles. The second-order valence-corrected chi connectivity index (χ2v) is 6.08. The van der Waals surface area contributed by atoms with Gasteiger partial charge in [0.1, 0.15) is 12.4 Å². The fourth-order valence-corrected chi connectivity index (χ4v) is 2.71. The monoisotopic (exact) mass is 353 g/mol. The topological polar surface area (TPSA) is 41.5 Å². The predicted octanol–water partition coefficient (Wildman–Crippen LogP) is 4.43. The lowest BCUT2D eigenvalue weighted by Crippen LogP contribution is -2.31. The van der Waals surface area contributed by atoms with Crippen LogP contribution in [0.5, 0.6) is 5.75 Å². The Hall–Kier alpha value is -1.26. The maximum Gasteiger partial charge on any atom is 0.124 e. The van der Waals surface area contributed by atoms with Crippen molar-refractivity contribution in [2.24, 2.45) is 0 Å². The Morgan fingerprint density at radius 1 is 1.09 bits per heavy atom. The van der Waals surface area contributed by atoms with Crippen molar-refractivity contribution < 1.29 is 9.84 Å². The van der Waals surface area contributed by atoms with Crippen molar-refractivity contribution in [1.29, 1.82) is 0 Å². The van der Waals surface area contributed by atoms with Crippen LogP contribution in [-0.2, 0) is 13.2 Å². The van der Waals surface area contributed by atoms with Crippen LogP contribution < -0.4 is 10.1 Å². The Morgan fingerprint density at radius 3 is 2.43 bits per heavy atom. The van der Waals surface area contributed by atoms with E-state index in [1.807, 2.05) is 37.3 Å². The van der Waals surface area contributed by atoms with E-state index >= 15 is 0 Å². The van der Waals surface area contributed by atoms with E-state index in [1.165, 1.54) is 0 Å². The summed E-state index contributed by atoms with van der Waals surface area (Å²) in [6.07, 6.45) is 0.870. The third-order valence-corrected chi connectivity index (χ3v) is 4.41. The first-order valence-electron chi connectivity index (χ1n) is 7.63. The zero-order valence-electron chi connectivity index (χ0n) is 13.1. The first-order valence-corrected chi connectivity index (χ1v) is 8.39. The van der Waals surface area contributed by atoms with Gasteiger partial charge in [-0.3, -0.25) is 0 Å². The van der Waals surface area contributed by atoms with Gasteiger partial charge in [-0.1, -0.05) is 54.4 Å². The van der Waals surface area contributed by atoms with Crippen molar-refractivity contribution in [2.75, 3.05) is 6.61 Å². The summed E-state index contributed by atoms with van der Waals surface area (Å²) in [6, 6.07) is 13.3. The minimum atomic E-state index is 0.0843. The molecule has 0 saturated heterocycles. The summed E-state index contributed by atoms with van der Waals surface area (Å²) in [7, 11) is 0. The van der Waals surface area contributed by atoms with Crippen LogP contribution in [0.15, 0.2) is 42.5 Å². The summed E-state index contributed by atoms with van der Waals surface area (Å²) in [5.41, 5.74) is 1.81. The molecule has 0 aromatic heterocycles. The molecular weight excluding hydrogens is 333 g/mol. The van der Waals surface area contributed by atoms with Crippen molar-refractivity contribution in [1.82, 2.24) is 5.32 Å². The van der Waals surface area contributed by atoms with Gasteiger partial charge in [0.25, 0.3) is 0 Å². The van der Waals surface area contributed by atoms with Gasteiger partial charge in [0.05, 0.1) is 6.61 Å². The van der Waals surface area contributed by atoms with E-state index in [0.29, 0.717) is 23.2 Å². The van der Waals surface area contributed by atoms with E-state index in [-0.39, 0.29) is 12.6 Å². The summed E-state index contributed by atoms with van der Waals surface area (Å²) in [5.74, 6) is 0.781. The van der Waals surface area contributed by atoms with E-state index in [1.54, 1.807) is 12.1 Å². The zero-order valence-corrected chi connectivity index (χ0v) is 14.6. The molecule has 1 unspecified atom stereocenters. The van der Waals surface area contributed by atoms with E-state index in [9.17, 15) is 5.11 Å². The molecule has 3 nitrogen and oxygen atoms in total. The van der Waals surface area contributed by atoms with E-state index in [0.717, 1.165) is 23.3 Å². The second-order valence-electron chi connectivity index (χ2n) is 5.27. The van der Waals surface area contributed by atoms with Crippen molar-refractivity contribution in [3.05, 3.63) is 63.6 Å². The van der Waals surface area contributed by atoms with Crippen LogP contribution >= 0.6 is 23.2 Å². The number of nitrogens with one attached hydrogen (secondary N) is 1. The average molecular weight is 354 g/mol. The SMILES string of the molecule is CCC(CO)NCc1ccccc1OCc1c(Cl)cccc1Cl. The highest BCUT2D eigenvalue weighted by Gasteiger charge is 2.10. The maximum atomic E-state index is 9.26. The molecule has 0 amide bonds. The Labute approximate surface area is 147 Å².